The van der Waals surface area contributed by atoms with Crippen molar-refractivity contribution in [2.45, 2.75) is 58.4 Å². The Hall–Kier alpha value is -3.26. The van der Waals surface area contributed by atoms with E-state index in [4.69, 9.17) is 0 Å². The lowest BCUT2D eigenvalue weighted by atomic mass is 10.0. The maximum Gasteiger partial charge on any atom is 0.264 e. The van der Waals surface area contributed by atoms with Crippen LogP contribution in [0.2, 0.25) is 0 Å². The smallest absolute Gasteiger partial charge is 0.264 e. The summed E-state index contributed by atoms with van der Waals surface area (Å²) in [5, 5.41) is 1.91. The van der Waals surface area contributed by atoms with Crippen LogP contribution in [0.4, 0.5) is 5.69 Å². The van der Waals surface area contributed by atoms with Crippen LogP contribution in [0.3, 0.4) is 0 Å². The molecule has 1 aliphatic rings. The van der Waals surface area contributed by atoms with Gasteiger partial charge in [0.05, 0.1) is 26.6 Å². The van der Waals surface area contributed by atoms with Gasteiger partial charge in [-0.25, -0.2) is 8.42 Å². The average molecular weight is 725 g/mol. The number of aryl methyl sites for hydroxylation is 5. The zero-order valence-corrected chi connectivity index (χ0v) is 30.7. The van der Waals surface area contributed by atoms with Gasteiger partial charge in [0.25, 0.3) is 15.1 Å². The van der Waals surface area contributed by atoms with Crippen LogP contribution in [0.15, 0.2) is 88.3 Å². The third-order valence-electron chi connectivity index (χ3n) is 8.38. The first-order valence-corrected chi connectivity index (χ1v) is 20.5. The second-order valence-electron chi connectivity index (χ2n) is 12.2. The van der Waals surface area contributed by atoms with Crippen molar-refractivity contribution in [2.24, 2.45) is 0 Å². The quantitative estimate of drug-likeness (QED) is 0.0869. The molecule has 0 unspecified atom stereocenters. The van der Waals surface area contributed by atoms with Crippen molar-refractivity contribution in [3.8, 4) is 0 Å². The molecule has 1 aliphatic heterocycles. The van der Waals surface area contributed by atoms with E-state index in [1.165, 1.54) is 11.1 Å². The number of thiazole rings is 1. The van der Waals surface area contributed by atoms with Crippen LogP contribution in [0.5, 0.6) is 0 Å². The number of aromatic nitrogens is 1. The van der Waals surface area contributed by atoms with E-state index >= 15 is 0 Å². The molecule has 12 heteroatoms. The highest BCUT2D eigenvalue weighted by molar-refractivity contribution is 8.03. The molecule has 0 atom stereocenters. The molecule has 0 spiro atoms. The highest BCUT2D eigenvalue weighted by atomic mass is 32.2. The fourth-order valence-electron chi connectivity index (χ4n) is 5.58. The van der Waals surface area contributed by atoms with Crippen molar-refractivity contribution in [1.29, 1.82) is 0 Å². The van der Waals surface area contributed by atoms with Gasteiger partial charge in [-0.2, -0.15) is 13.0 Å². The molecule has 0 radical (unpaired) electrons. The summed E-state index contributed by atoms with van der Waals surface area (Å²) < 4.78 is 69.6. The molecule has 0 bridgehead atoms. The van der Waals surface area contributed by atoms with Gasteiger partial charge in [-0.15, -0.1) is 0 Å². The Morgan fingerprint density at radius 1 is 0.917 bits per heavy atom. The summed E-state index contributed by atoms with van der Waals surface area (Å²) in [5.41, 5.74) is 8.84. The zero-order chi connectivity index (χ0) is 34.6. The van der Waals surface area contributed by atoms with Crippen molar-refractivity contribution in [3.05, 3.63) is 116 Å². The molecule has 0 aliphatic carbocycles. The van der Waals surface area contributed by atoms with Crippen LogP contribution in [0.1, 0.15) is 45.7 Å². The Kier molecular flexibility index (Phi) is 11.3. The number of nitrogens with zero attached hydrogens (tertiary/aromatic N) is 2. The van der Waals surface area contributed by atoms with Crippen LogP contribution in [-0.4, -0.2) is 44.0 Å². The lowest BCUT2D eigenvalue weighted by molar-refractivity contribution is -0.668. The fraction of sp³-hybridized carbons (Fsp3) is 0.306. The molecule has 0 saturated carbocycles. The van der Waals surface area contributed by atoms with E-state index in [2.05, 4.69) is 97.9 Å². The van der Waals surface area contributed by atoms with E-state index in [9.17, 15) is 25.9 Å². The molecular formula is C36H40N2O6S4. The lowest BCUT2D eigenvalue weighted by Crippen LogP contribution is -2.36. The Labute approximate surface area is 292 Å². The van der Waals surface area contributed by atoms with Crippen molar-refractivity contribution >= 4 is 65.3 Å². The van der Waals surface area contributed by atoms with E-state index in [-0.39, 0.29) is 18.6 Å². The van der Waals surface area contributed by atoms with Gasteiger partial charge >= 0.3 is 0 Å². The first-order chi connectivity index (χ1) is 22.7. The van der Waals surface area contributed by atoms with Crippen molar-refractivity contribution < 1.29 is 30.5 Å². The summed E-state index contributed by atoms with van der Waals surface area (Å²) in [5.74, 6) is -0.730. The topological polar surface area (TPSA) is 119 Å². The van der Waals surface area contributed by atoms with Gasteiger partial charge in [0.2, 0.25) is 5.52 Å². The predicted octanol–water partition coefficient (Wildman–Crippen LogP) is 7.27. The molecular weight excluding hydrogens is 685 g/mol. The molecule has 1 N–H and O–H groups in total. The van der Waals surface area contributed by atoms with E-state index in [1.54, 1.807) is 23.1 Å². The number of rotatable bonds is 13. The molecule has 48 heavy (non-hydrogen) atoms. The number of anilines is 1. The molecule has 0 fully saturated rings. The van der Waals surface area contributed by atoms with Gasteiger partial charge in [0, 0.05) is 35.8 Å². The van der Waals surface area contributed by atoms with Crippen LogP contribution < -0.4 is 9.47 Å². The molecule has 4 aromatic rings. The number of benzene rings is 3. The van der Waals surface area contributed by atoms with Crippen molar-refractivity contribution in [1.82, 2.24) is 0 Å². The maximum absolute atomic E-state index is 11.5. The second kappa shape index (κ2) is 15.1. The highest BCUT2D eigenvalue weighted by Crippen LogP contribution is 2.47. The largest absolute Gasteiger partial charge is 0.748 e. The van der Waals surface area contributed by atoms with Gasteiger partial charge in [-0.1, -0.05) is 65.6 Å². The van der Waals surface area contributed by atoms with Gasteiger partial charge in [-0.05, 0) is 98.2 Å². The summed E-state index contributed by atoms with van der Waals surface area (Å²) in [6, 6.07) is 18.7. The van der Waals surface area contributed by atoms with E-state index in [0.717, 1.165) is 53.1 Å². The van der Waals surface area contributed by atoms with Gasteiger partial charge in [-0.3, -0.25) is 4.55 Å². The SMILES string of the molecule is Cc1cc2c(cc1C)N(CCCS(=O)(=O)O)C(=CC=C(C=Cc1sc3cc(C)c(C)cc3[n+]1CCCS(=O)(=O)[O-])Cc1ccccc1)S2. The molecule has 1 aromatic heterocycles. The summed E-state index contributed by atoms with van der Waals surface area (Å²) in [4.78, 5) is 3.22. The predicted molar refractivity (Wildman–Crippen MR) is 196 cm³/mol. The van der Waals surface area contributed by atoms with Crippen molar-refractivity contribution in [2.75, 3.05) is 23.0 Å². The first kappa shape index (κ1) is 36.0. The molecule has 0 saturated heterocycles. The summed E-state index contributed by atoms with van der Waals surface area (Å²) >= 11 is 3.26. The minimum atomic E-state index is -4.32. The molecule has 254 valence electrons. The Balaban J connectivity index is 1.53. The Morgan fingerprint density at radius 3 is 2.31 bits per heavy atom. The molecule has 0 amide bonds. The third-order valence-corrected chi connectivity index (χ3v) is 12.2. The monoisotopic (exact) mass is 724 g/mol. The zero-order valence-electron chi connectivity index (χ0n) is 27.5. The Bertz CT molecular complexity index is 2130. The molecule has 5 rings (SSSR count). The molecule has 2 heterocycles. The van der Waals surface area contributed by atoms with Gasteiger partial charge < -0.3 is 9.45 Å². The normalized spacial score (nSPS) is 14.9. The number of allylic oxidation sites excluding steroid dienone is 4. The van der Waals surface area contributed by atoms with E-state index in [1.807, 2.05) is 18.2 Å². The van der Waals surface area contributed by atoms with Crippen LogP contribution in [0, 0.1) is 27.7 Å². The number of thioether (sulfide) groups is 1. The van der Waals surface area contributed by atoms with Gasteiger partial charge in [0.15, 0.2) is 6.54 Å². The summed E-state index contributed by atoms with van der Waals surface area (Å²) in [7, 11) is -8.39. The van der Waals surface area contributed by atoms with Crippen LogP contribution in [0.25, 0.3) is 16.3 Å². The number of hydrogen-bond acceptors (Lipinski definition) is 8. The minimum Gasteiger partial charge on any atom is -0.748 e. The minimum absolute atomic E-state index is 0.221. The average Bonchev–Trinajstić information content (AvgIpc) is 3.50. The summed E-state index contributed by atoms with van der Waals surface area (Å²) in [6.45, 7) is 9.09. The van der Waals surface area contributed by atoms with Crippen LogP contribution in [-0.2, 0) is 33.2 Å². The fourth-order valence-corrected chi connectivity index (χ4v) is 8.90. The molecule has 8 nitrogen and oxygen atoms in total. The standard InChI is InChI=1S/C36H40N2O6S4/c1-25-20-31-33(22-27(25)3)45-35(37(31)16-8-18-47(39,40)41)14-12-30(24-29-10-6-5-7-11-29)13-15-36-38(17-9-19-48(42,43)44)32-21-26(2)28(4)23-34(32)46-36/h5-7,10-15,20-23H,8-9,16-19,24H2,1-4H3,(H-,39,40,41,42,43,44). The lowest BCUT2D eigenvalue weighted by Gasteiger charge is -2.20. The van der Waals surface area contributed by atoms with E-state index in [0.29, 0.717) is 19.5 Å². The second-order valence-corrected chi connectivity index (χ2v) is 17.4. The van der Waals surface area contributed by atoms with E-state index < -0.39 is 26.0 Å². The third kappa shape index (κ3) is 9.46. The molecule has 3 aromatic carbocycles. The van der Waals surface area contributed by atoms with Gasteiger partial charge in [0.1, 0.15) is 4.70 Å². The maximum atomic E-state index is 11.5. The van der Waals surface area contributed by atoms with Crippen molar-refractivity contribution in [3.63, 3.8) is 0 Å². The number of fused-ring (bicyclic) bond motifs is 2. The number of hydrogen-bond donors (Lipinski definition) is 1. The Morgan fingerprint density at radius 2 is 1.60 bits per heavy atom. The first-order valence-electron chi connectivity index (χ1n) is 15.7. The summed E-state index contributed by atoms with van der Waals surface area (Å²) in [6.07, 6.45) is 9.46. The highest BCUT2D eigenvalue weighted by Gasteiger charge is 2.26. The van der Waals surface area contributed by atoms with Crippen LogP contribution >= 0.6 is 23.1 Å².